The van der Waals surface area contributed by atoms with Crippen molar-refractivity contribution < 1.29 is 18.5 Å². The molecule has 110 valence electrons. The summed E-state index contributed by atoms with van der Waals surface area (Å²) in [6.45, 7) is 4.27. The second-order valence-electron chi connectivity index (χ2n) is 4.63. The lowest BCUT2D eigenvalue weighted by Gasteiger charge is -2.16. The summed E-state index contributed by atoms with van der Waals surface area (Å²) >= 11 is 0. The minimum atomic E-state index is -3.07. The maximum Gasteiger partial charge on any atom is 0.334 e. The number of non-ortho nitro benzene ring substituents is 1. The van der Waals surface area contributed by atoms with Gasteiger partial charge in [0.05, 0.1) is 23.8 Å². The molecular weight excluding hydrogens is 281 g/mol. The van der Waals surface area contributed by atoms with Crippen molar-refractivity contribution in [1.29, 1.82) is 0 Å². The van der Waals surface area contributed by atoms with Gasteiger partial charge in [0.15, 0.2) is 0 Å². The van der Waals surface area contributed by atoms with Crippen LogP contribution >= 0.6 is 7.60 Å². The van der Waals surface area contributed by atoms with Gasteiger partial charge in [-0.3, -0.25) is 14.7 Å². The summed E-state index contributed by atoms with van der Waals surface area (Å²) in [6.07, 6.45) is 0.731. The summed E-state index contributed by atoms with van der Waals surface area (Å²) in [4.78, 5) is 10.2. The van der Waals surface area contributed by atoms with Gasteiger partial charge >= 0.3 is 7.60 Å². The maximum absolute atomic E-state index is 12.6. The van der Waals surface area contributed by atoms with E-state index < -0.39 is 12.5 Å². The number of nitrogens with zero attached hydrogens (tertiary/aromatic N) is 1. The molecule has 2 atom stereocenters. The van der Waals surface area contributed by atoms with Crippen LogP contribution in [0.25, 0.3) is 0 Å². The Bertz CT molecular complexity index is 520. The lowest BCUT2D eigenvalue weighted by atomic mass is 10.1. The highest BCUT2D eigenvalue weighted by Crippen LogP contribution is 2.68. The Morgan fingerprint density at radius 3 is 2.25 bits per heavy atom. The second-order valence-corrected chi connectivity index (χ2v) is 6.89. The largest absolute Gasteiger partial charge is 0.334 e. The monoisotopic (exact) mass is 299 g/mol. The Morgan fingerprint density at radius 1 is 1.25 bits per heavy atom. The van der Waals surface area contributed by atoms with Crippen molar-refractivity contribution in [2.45, 2.75) is 31.8 Å². The molecule has 2 rings (SSSR count). The molecule has 0 unspecified atom stereocenters. The maximum atomic E-state index is 12.6. The first-order valence-corrected chi connectivity index (χ1v) is 8.26. The zero-order chi connectivity index (χ0) is 14.8. The zero-order valence-electron chi connectivity index (χ0n) is 11.5. The number of hydrogen-bond donors (Lipinski definition) is 0. The van der Waals surface area contributed by atoms with Gasteiger partial charge in [-0.2, -0.15) is 0 Å². The molecular formula is C13H18NO5P. The first-order valence-electron chi connectivity index (χ1n) is 6.65. The average molecular weight is 299 g/mol. The summed E-state index contributed by atoms with van der Waals surface area (Å²) in [6, 6.07) is 6.37. The van der Waals surface area contributed by atoms with Crippen LogP contribution in [0.15, 0.2) is 24.3 Å². The number of nitro benzene ring substituents is 1. The van der Waals surface area contributed by atoms with Crippen molar-refractivity contribution in [3.8, 4) is 0 Å². The molecule has 0 bridgehead atoms. The molecule has 1 aliphatic rings. The highest BCUT2D eigenvalue weighted by atomic mass is 31.2. The van der Waals surface area contributed by atoms with Gasteiger partial charge in [-0.1, -0.05) is 12.1 Å². The van der Waals surface area contributed by atoms with E-state index in [9.17, 15) is 14.7 Å². The molecule has 7 heteroatoms. The Labute approximate surface area is 117 Å². The number of nitro groups is 1. The second kappa shape index (κ2) is 6.04. The van der Waals surface area contributed by atoms with Gasteiger partial charge in [0.2, 0.25) is 0 Å². The molecule has 0 amide bonds. The van der Waals surface area contributed by atoms with Crippen LogP contribution in [0.2, 0.25) is 0 Å². The van der Waals surface area contributed by atoms with Crippen LogP contribution in [0.1, 0.15) is 31.7 Å². The SMILES string of the molecule is CCOP(=O)(OCC)[C@@H]1C[C@H]1c1ccc([N+](=O)[O-])cc1. The van der Waals surface area contributed by atoms with E-state index in [1.807, 2.05) is 0 Å². The molecule has 1 aromatic rings. The first kappa shape index (κ1) is 15.2. The van der Waals surface area contributed by atoms with Crippen molar-refractivity contribution in [2.24, 2.45) is 0 Å². The molecule has 1 aliphatic carbocycles. The average Bonchev–Trinajstić information content (AvgIpc) is 3.20. The van der Waals surface area contributed by atoms with E-state index in [1.165, 1.54) is 12.1 Å². The van der Waals surface area contributed by atoms with Gasteiger partial charge in [0.1, 0.15) is 0 Å². The van der Waals surface area contributed by atoms with E-state index in [1.54, 1.807) is 26.0 Å². The fourth-order valence-corrected chi connectivity index (χ4v) is 4.60. The molecule has 1 fully saturated rings. The molecule has 0 aliphatic heterocycles. The molecule has 0 radical (unpaired) electrons. The highest BCUT2D eigenvalue weighted by molar-refractivity contribution is 7.55. The van der Waals surface area contributed by atoms with Gasteiger partial charge in [-0.15, -0.1) is 0 Å². The van der Waals surface area contributed by atoms with E-state index in [0.29, 0.717) is 13.2 Å². The summed E-state index contributed by atoms with van der Waals surface area (Å²) in [7, 11) is -3.07. The predicted molar refractivity (Wildman–Crippen MR) is 75.1 cm³/mol. The van der Waals surface area contributed by atoms with Crippen molar-refractivity contribution in [2.75, 3.05) is 13.2 Å². The smallest absolute Gasteiger partial charge is 0.309 e. The molecule has 0 heterocycles. The van der Waals surface area contributed by atoms with Crippen molar-refractivity contribution in [3.05, 3.63) is 39.9 Å². The Hall–Kier alpha value is -1.23. The summed E-state index contributed by atoms with van der Waals surface area (Å²) in [5.41, 5.74) is 0.868. The van der Waals surface area contributed by atoms with Gasteiger partial charge in [-0.25, -0.2) is 0 Å². The normalized spacial score (nSPS) is 21.7. The van der Waals surface area contributed by atoms with Crippen molar-refractivity contribution in [3.63, 3.8) is 0 Å². The molecule has 0 spiro atoms. The Kier molecular flexibility index (Phi) is 4.58. The van der Waals surface area contributed by atoms with E-state index in [4.69, 9.17) is 9.05 Å². The summed E-state index contributed by atoms with van der Waals surface area (Å²) in [5.74, 6) is 0.0970. The van der Waals surface area contributed by atoms with E-state index in [2.05, 4.69) is 0 Å². The minimum Gasteiger partial charge on any atom is -0.309 e. The highest BCUT2D eigenvalue weighted by Gasteiger charge is 2.53. The van der Waals surface area contributed by atoms with Gasteiger partial charge in [0, 0.05) is 12.1 Å². The van der Waals surface area contributed by atoms with Crippen LogP contribution in [0.4, 0.5) is 5.69 Å². The number of benzene rings is 1. The van der Waals surface area contributed by atoms with E-state index in [-0.39, 0.29) is 17.3 Å². The van der Waals surface area contributed by atoms with Crippen LogP contribution in [0.5, 0.6) is 0 Å². The molecule has 0 N–H and O–H groups in total. The number of hydrogen-bond acceptors (Lipinski definition) is 5. The molecule has 0 aromatic heterocycles. The third-order valence-corrected chi connectivity index (χ3v) is 5.93. The van der Waals surface area contributed by atoms with Crippen LogP contribution < -0.4 is 0 Å². The topological polar surface area (TPSA) is 78.7 Å². The van der Waals surface area contributed by atoms with E-state index >= 15 is 0 Å². The van der Waals surface area contributed by atoms with E-state index in [0.717, 1.165) is 12.0 Å². The van der Waals surface area contributed by atoms with Crippen LogP contribution in [-0.2, 0) is 13.6 Å². The number of rotatable bonds is 7. The fourth-order valence-electron chi connectivity index (χ4n) is 2.32. The molecule has 20 heavy (non-hydrogen) atoms. The minimum absolute atomic E-state index is 0.0590. The van der Waals surface area contributed by atoms with Gasteiger partial charge in [-0.05, 0) is 31.7 Å². The third kappa shape index (κ3) is 3.08. The predicted octanol–water partition coefficient (Wildman–Crippen LogP) is 3.72. The van der Waals surface area contributed by atoms with Gasteiger partial charge < -0.3 is 9.05 Å². The van der Waals surface area contributed by atoms with Crippen molar-refractivity contribution in [1.82, 2.24) is 0 Å². The lowest BCUT2D eigenvalue weighted by molar-refractivity contribution is -0.384. The lowest BCUT2D eigenvalue weighted by Crippen LogP contribution is -2.02. The van der Waals surface area contributed by atoms with Crippen LogP contribution in [0.3, 0.4) is 0 Å². The van der Waals surface area contributed by atoms with Crippen LogP contribution in [-0.4, -0.2) is 23.8 Å². The molecule has 6 nitrogen and oxygen atoms in total. The molecule has 1 saturated carbocycles. The standard InChI is InChI=1S/C13H18NO5P/c1-3-18-20(17,19-4-2)13-9-12(13)10-5-7-11(8-6-10)14(15)16/h5-8,12-13H,3-4,9H2,1-2H3/t12-,13+/m0/s1. The zero-order valence-corrected chi connectivity index (χ0v) is 12.4. The third-order valence-electron chi connectivity index (χ3n) is 3.31. The van der Waals surface area contributed by atoms with Crippen LogP contribution in [0, 0.1) is 10.1 Å². The fraction of sp³-hybridized carbons (Fsp3) is 0.538. The first-order chi connectivity index (χ1) is 9.51. The quantitative estimate of drug-likeness (QED) is 0.435. The molecule has 1 aromatic carbocycles. The Balaban J connectivity index is 2.10. The van der Waals surface area contributed by atoms with Crippen molar-refractivity contribution >= 4 is 13.3 Å². The summed E-state index contributed by atoms with van der Waals surface area (Å²) < 4.78 is 23.2. The summed E-state index contributed by atoms with van der Waals surface area (Å²) in [5, 5.41) is 10.6. The van der Waals surface area contributed by atoms with Gasteiger partial charge in [0.25, 0.3) is 5.69 Å². The molecule has 0 saturated heterocycles. The Morgan fingerprint density at radius 2 is 1.80 bits per heavy atom.